The molecule has 0 bridgehead atoms. The molecule has 0 saturated heterocycles. The maximum absolute atomic E-state index is 12.5. The van der Waals surface area contributed by atoms with E-state index in [1.165, 1.54) is 6.20 Å². The van der Waals surface area contributed by atoms with Gasteiger partial charge in [0.1, 0.15) is 16.5 Å². The largest absolute Gasteiger partial charge is 0.477 e. The first-order valence-corrected chi connectivity index (χ1v) is 11.2. The molecule has 2 aromatic carbocycles. The van der Waals surface area contributed by atoms with Gasteiger partial charge in [-0.3, -0.25) is 10.1 Å². The van der Waals surface area contributed by atoms with Crippen molar-refractivity contribution in [3.8, 4) is 11.1 Å². The van der Waals surface area contributed by atoms with Gasteiger partial charge in [0.05, 0.1) is 12.7 Å². The van der Waals surface area contributed by atoms with Crippen molar-refractivity contribution in [3.63, 3.8) is 0 Å². The number of ether oxygens (including phenoxy) is 1. The van der Waals surface area contributed by atoms with E-state index in [1.54, 1.807) is 0 Å². The molecule has 2 heterocycles. The number of aromatic carboxylic acids is 1. The molecule has 1 aliphatic rings. The van der Waals surface area contributed by atoms with E-state index in [4.69, 9.17) is 9.84 Å². The molecule has 5 rings (SSSR count). The van der Waals surface area contributed by atoms with Gasteiger partial charge in [-0.2, -0.15) is 0 Å². The van der Waals surface area contributed by atoms with Crippen molar-refractivity contribution >= 4 is 35.1 Å². The van der Waals surface area contributed by atoms with E-state index in [2.05, 4.69) is 30.6 Å². The van der Waals surface area contributed by atoms with E-state index in [1.807, 2.05) is 48.5 Å². The molecule has 0 fully saturated rings. The number of nitrogens with one attached hydrogen (secondary N) is 2. The average Bonchev–Trinajstić information content (AvgIpc) is 3.59. The number of carbonyl (C=O) groups is 3. The fraction of sp³-hybridized carbons (Fsp3) is 0.130. The smallest absolute Gasteiger partial charge is 0.412 e. The van der Waals surface area contributed by atoms with Crippen LogP contribution in [0.3, 0.4) is 0 Å². The van der Waals surface area contributed by atoms with Crippen molar-refractivity contribution < 1.29 is 28.9 Å². The average molecular weight is 491 g/mol. The summed E-state index contributed by atoms with van der Waals surface area (Å²) in [5.74, 6) is -2.12. The number of carboxylic acids is 1. The van der Waals surface area contributed by atoms with E-state index >= 15 is 0 Å². The second-order valence-corrected chi connectivity index (χ2v) is 8.63. The Morgan fingerprint density at radius 1 is 1.03 bits per heavy atom. The molecule has 11 nitrogen and oxygen atoms in total. The molecule has 12 heteroatoms. The summed E-state index contributed by atoms with van der Waals surface area (Å²) in [4.78, 5) is 39.9. The second kappa shape index (κ2) is 9.35. The van der Waals surface area contributed by atoms with Crippen LogP contribution in [-0.2, 0) is 11.3 Å². The highest BCUT2D eigenvalue weighted by atomic mass is 32.1. The quantitative estimate of drug-likeness (QED) is 0.352. The minimum Gasteiger partial charge on any atom is -0.477 e. The summed E-state index contributed by atoms with van der Waals surface area (Å²) >= 11 is 0.929. The molecule has 0 aliphatic heterocycles. The number of rotatable bonds is 7. The fourth-order valence-electron chi connectivity index (χ4n) is 3.88. The van der Waals surface area contributed by atoms with Crippen LogP contribution in [0.15, 0.2) is 59.4 Å². The highest BCUT2D eigenvalue weighted by molar-refractivity contribution is 7.13. The van der Waals surface area contributed by atoms with Crippen molar-refractivity contribution in [2.75, 3.05) is 11.9 Å². The lowest BCUT2D eigenvalue weighted by Gasteiger charge is -2.14. The number of hydrogen-bond donors (Lipinski definition) is 3. The van der Waals surface area contributed by atoms with Gasteiger partial charge in [0.2, 0.25) is 11.5 Å². The van der Waals surface area contributed by atoms with Crippen molar-refractivity contribution in [1.29, 1.82) is 0 Å². The molecular weight excluding hydrogens is 474 g/mol. The van der Waals surface area contributed by atoms with Gasteiger partial charge in [0.15, 0.2) is 0 Å². The molecule has 0 atom stereocenters. The summed E-state index contributed by atoms with van der Waals surface area (Å²) in [6.45, 7) is 0.0522. The van der Waals surface area contributed by atoms with Crippen LogP contribution in [-0.4, -0.2) is 45.0 Å². The van der Waals surface area contributed by atoms with Gasteiger partial charge in [-0.25, -0.2) is 19.2 Å². The Morgan fingerprint density at radius 3 is 2.37 bits per heavy atom. The third-order valence-electron chi connectivity index (χ3n) is 5.43. The lowest BCUT2D eigenvalue weighted by Crippen LogP contribution is -2.25. The number of benzene rings is 2. The standard InChI is InChI=1S/C23H17N5O6S/c29-21(25-10-18-24-9-17(35-18)22(30)31)19-20(28-34-27-19)26-23(32)33-11-16-14-7-3-1-5-12(14)13-6-2-4-8-15(13)16/h1-9,16H,10-11H2,(H,25,29)(H,30,31)(H,26,28,32). The molecular formula is C23H17N5O6S. The molecule has 2 aromatic heterocycles. The van der Waals surface area contributed by atoms with Crippen LogP contribution in [0.25, 0.3) is 11.1 Å². The highest BCUT2D eigenvalue weighted by Gasteiger charge is 2.29. The zero-order valence-corrected chi connectivity index (χ0v) is 18.7. The summed E-state index contributed by atoms with van der Waals surface area (Å²) in [6, 6.07) is 15.9. The molecule has 0 radical (unpaired) electrons. The van der Waals surface area contributed by atoms with Gasteiger partial charge in [-0.05, 0) is 32.6 Å². The van der Waals surface area contributed by atoms with Gasteiger partial charge in [0.25, 0.3) is 5.91 Å². The van der Waals surface area contributed by atoms with Crippen molar-refractivity contribution in [2.45, 2.75) is 12.5 Å². The number of nitrogens with zero attached hydrogens (tertiary/aromatic N) is 3. The van der Waals surface area contributed by atoms with Gasteiger partial charge in [-0.15, -0.1) is 11.3 Å². The van der Waals surface area contributed by atoms with Crippen molar-refractivity contribution in [2.24, 2.45) is 0 Å². The van der Waals surface area contributed by atoms with Crippen LogP contribution in [0.1, 0.15) is 42.2 Å². The third-order valence-corrected chi connectivity index (χ3v) is 6.42. The summed E-state index contributed by atoms with van der Waals surface area (Å²) in [6.07, 6.45) is 0.388. The van der Waals surface area contributed by atoms with E-state index in [9.17, 15) is 14.4 Å². The van der Waals surface area contributed by atoms with Crippen LogP contribution in [0.2, 0.25) is 0 Å². The topological polar surface area (TPSA) is 157 Å². The van der Waals surface area contributed by atoms with Crippen LogP contribution in [0.4, 0.5) is 10.6 Å². The Hall–Kier alpha value is -4.58. The van der Waals surface area contributed by atoms with Crippen molar-refractivity contribution in [3.05, 3.63) is 81.4 Å². The summed E-state index contributed by atoms with van der Waals surface area (Å²) in [7, 11) is 0. The van der Waals surface area contributed by atoms with Gasteiger partial charge in [0, 0.05) is 5.92 Å². The number of anilines is 1. The zero-order valence-electron chi connectivity index (χ0n) is 17.9. The number of fused-ring (bicyclic) bond motifs is 3. The molecule has 176 valence electrons. The van der Waals surface area contributed by atoms with E-state index < -0.39 is 18.0 Å². The first kappa shape index (κ1) is 22.2. The number of thiazole rings is 1. The van der Waals surface area contributed by atoms with E-state index in [0.717, 1.165) is 33.6 Å². The normalized spacial score (nSPS) is 12.0. The highest BCUT2D eigenvalue weighted by Crippen LogP contribution is 2.44. The van der Waals surface area contributed by atoms with Gasteiger partial charge >= 0.3 is 12.1 Å². The van der Waals surface area contributed by atoms with Crippen LogP contribution in [0.5, 0.6) is 0 Å². The van der Waals surface area contributed by atoms with Gasteiger partial charge in [-0.1, -0.05) is 48.5 Å². The summed E-state index contributed by atoms with van der Waals surface area (Å²) < 4.78 is 10.1. The Kier molecular flexibility index (Phi) is 5.94. The Labute approximate surface area is 201 Å². The predicted octanol–water partition coefficient (Wildman–Crippen LogP) is 3.52. The third kappa shape index (κ3) is 4.46. The van der Waals surface area contributed by atoms with Crippen LogP contribution in [0, 0.1) is 0 Å². The molecule has 3 N–H and O–H groups in total. The lowest BCUT2D eigenvalue weighted by atomic mass is 9.98. The fourth-order valence-corrected chi connectivity index (χ4v) is 4.58. The zero-order chi connectivity index (χ0) is 24.4. The molecule has 4 aromatic rings. The minimum absolute atomic E-state index is 0.0337. The Morgan fingerprint density at radius 2 is 1.71 bits per heavy atom. The SMILES string of the molecule is O=C(Nc1nonc1C(=O)NCc1ncc(C(=O)O)s1)OCC1c2ccccc2-c2ccccc21. The number of carbonyl (C=O) groups excluding carboxylic acids is 2. The summed E-state index contributed by atoms with van der Waals surface area (Å²) in [5.41, 5.74) is 4.09. The molecule has 1 aliphatic carbocycles. The number of amides is 2. The van der Waals surface area contributed by atoms with Crippen molar-refractivity contribution in [1.82, 2.24) is 20.6 Å². The van der Waals surface area contributed by atoms with E-state index in [0.29, 0.717) is 5.01 Å². The lowest BCUT2D eigenvalue weighted by molar-refractivity contribution is 0.0701. The van der Waals surface area contributed by atoms with E-state index in [-0.39, 0.29) is 35.5 Å². The Balaban J connectivity index is 1.20. The van der Waals surface area contributed by atoms with Gasteiger partial charge < -0.3 is 15.2 Å². The molecule has 0 unspecified atom stereocenters. The monoisotopic (exact) mass is 491 g/mol. The number of hydrogen-bond acceptors (Lipinski definition) is 9. The minimum atomic E-state index is -1.10. The second-order valence-electron chi connectivity index (χ2n) is 7.52. The number of carboxylic acid groups (broad SMARTS) is 1. The summed E-state index contributed by atoms with van der Waals surface area (Å²) in [5, 5.41) is 21.3. The first-order valence-electron chi connectivity index (χ1n) is 10.4. The Bertz CT molecular complexity index is 1390. The maximum atomic E-state index is 12.5. The van der Waals surface area contributed by atoms with Crippen LogP contribution < -0.4 is 10.6 Å². The molecule has 0 spiro atoms. The van der Waals surface area contributed by atoms with Crippen LogP contribution >= 0.6 is 11.3 Å². The predicted molar refractivity (Wildman–Crippen MR) is 123 cm³/mol. The molecule has 0 saturated carbocycles. The number of aromatic nitrogens is 3. The molecule has 2 amide bonds. The molecule has 35 heavy (non-hydrogen) atoms. The maximum Gasteiger partial charge on any atom is 0.412 e. The first-order chi connectivity index (χ1) is 17.0.